The summed E-state index contributed by atoms with van der Waals surface area (Å²) in [6.07, 6.45) is -3.12. The molecule has 0 atom stereocenters. The van der Waals surface area contributed by atoms with Crippen molar-refractivity contribution in [3.63, 3.8) is 0 Å². The predicted molar refractivity (Wildman–Crippen MR) is 60.2 cm³/mol. The second-order valence-electron chi connectivity index (χ2n) is 3.10. The molecule has 17 heavy (non-hydrogen) atoms. The Labute approximate surface area is 103 Å². The van der Waals surface area contributed by atoms with Crippen LogP contribution >= 0.6 is 15.9 Å². The van der Waals surface area contributed by atoms with Gasteiger partial charge in [0.15, 0.2) is 0 Å². The number of nitrogens with two attached hydrogens (primary N) is 1. The van der Waals surface area contributed by atoms with Crippen molar-refractivity contribution in [2.75, 3.05) is 5.73 Å². The molecule has 0 heterocycles. The first-order chi connectivity index (χ1) is 7.73. The fourth-order valence-corrected chi connectivity index (χ4v) is 1.78. The molecule has 0 unspecified atom stereocenters. The van der Waals surface area contributed by atoms with E-state index in [1.165, 1.54) is 6.07 Å². The van der Waals surface area contributed by atoms with Crippen LogP contribution < -0.4 is 5.73 Å². The molecule has 0 radical (unpaired) electrons. The van der Waals surface area contributed by atoms with Gasteiger partial charge in [0.1, 0.15) is 0 Å². The molecule has 0 saturated carbocycles. The number of nitrogen functional groups attached to an aromatic ring is 1. The standard InChI is InChI=1S/C10H7BrF3NO2/c11-9-6(15)3-1-5(2-4-7(16)17)8(9)10(12,13)14/h1-4H,15H2,(H,16,17)/b4-2+. The fraction of sp³-hybridized carbons (Fsp3) is 0.100. The number of carboxylic acids is 1. The molecule has 0 aromatic heterocycles. The van der Waals surface area contributed by atoms with E-state index in [9.17, 15) is 18.0 Å². The molecular formula is C10H7BrF3NO2. The van der Waals surface area contributed by atoms with Crippen LogP contribution in [0.5, 0.6) is 0 Å². The lowest BCUT2D eigenvalue weighted by atomic mass is 10.1. The number of hydrogen-bond donors (Lipinski definition) is 2. The number of carboxylic acid groups (broad SMARTS) is 1. The van der Waals surface area contributed by atoms with Gasteiger partial charge in [-0.05, 0) is 33.6 Å². The van der Waals surface area contributed by atoms with E-state index in [0.717, 1.165) is 12.1 Å². The number of benzene rings is 1. The molecule has 0 spiro atoms. The molecule has 92 valence electrons. The molecule has 1 aromatic carbocycles. The molecule has 0 amide bonds. The van der Waals surface area contributed by atoms with Crippen molar-refractivity contribution in [1.82, 2.24) is 0 Å². The lowest BCUT2D eigenvalue weighted by Gasteiger charge is -2.14. The molecular weight excluding hydrogens is 303 g/mol. The monoisotopic (exact) mass is 309 g/mol. The van der Waals surface area contributed by atoms with Crippen LogP contribution in [0.15, 0.2) is 22.7 Å². The van der Waals surface area contributed by atoms with Crippen molar-refractivity contribution < 1.29 is 23.1 Å². The molecule has 1 rings (SSSR count). The lowest BCUT2D eigenvalue weighted by molar-refractivity contribution is -0.138. The van der Waals surface area contributed by atoms with Crippen LogP contribution in [0.1, 0.15) is 11.1 Å². The third-order valence-electron chi connectivity index (χ3n) is 1.89. The van der Waals surface area contributed by atoms with Crippen molar-refractivity contribution >= 4 is 33.7 Å². The first-order valence-electron chi connectivity index (χ1n) is 4.29. The van der Waals surface area contributed by atoms with Gasteiger partial charge >= 0.3 is 12.1 Å². The van der Waals surface area contributed by atoms with E-state index in [4.69, 9.17) is 10.8 Å². The van der Waals surface area contributed by atoms with Gasteiger partial charge in [0.2, 0.25) is 0 Å². The average Bonchev–Trinajstić information content (AvgIpc) is 2.17. The Hall–Kier alpha value is -1.50. The summed E-state index contributed by atoms with van der Waals surface area (Å²) in [6.45, 7) is 0. The maximum atomic E-state index is 12.7. The van der Waals surface area contributed by atoms with E-state index in [2.05, 4.69) is 15.9 Å². The minimum absolute atomic E-state index is 0.0650. The molecule has 0 aliphatic heterocycles. The molecule has 0 bridgehead atoms. The second kappa shape index (κ2) is 4.79. The van der Waals surface area contributed by atoms with Crippen LogP contribution in [0.25, 0.3) is 6.08 Å². The molecule has 0 fully saturated rings. The van der Waals surface area contributed by atoms with Gasteiger partial charge in [-0.1, -0.05) is 6.07 Å². The SMILES string of the molecule is Nc1ccc(/C=C/C(=O)O)c(C(F)(F)F)c1Br. The molecule has 0 aliphatic carbocycles. The third-order valence-corrected chi connectivity index (χ3v) is 2.75. The smallest absolute Gasteiger partial charge is 0.418 e. The highest BCUT2D eigenvalue weighted by Gasteiger charge is 2.35. The summed E-state index contributed by atoms with van der Waals surface area (Å²) in [5.74, 6) is -1.33. The van der Waals surface area contributed by atoms with E-state index in [1.807, 2.05) is 0 Å². The van der Waals surface area contributed by atoms with Gasteiger partial charge in [0.05, 0.1) is 10.0 Å². The van der Waals surface area contributed by atoms with Gasteiger partial charge in [-0.15, -0.1) is 0 Å². The summed E-state index contributed by atoms with van der Waals surface area (Å²) in [5.41, 5.74) is 4.04. The maximum Gasteiger partial charge on any atom is 0.418 e. The Bertz CT molecular complexity index is 483. The van der Waals surface area contributed by atoms with Crippen molar-refractivity contribution in [3.05, 3.63) is 33.8 Å². The number of alkyl halides is 3. The quantitative estimate of drug-likeness (QED) is 0.651. The Morgan fingerprint density at radius 3 is 2.47 bits per heavy atom. The van der Waals surface area contributed by atoms with Gasteiger partial charge in [-0.2, -0.15) is 13.2 Å². The van der Waals surface area contributed by atoms with E-state index in [1.54, 1.807) is 0 Å². The summed E-state index contributed by atoms with van der Waals surface area (Å²) >= 11 is 2.75. The Balaban J connectivity index is 3.41. The maximum absolute atomic E-state index is 12.7. The van der Waals surface area contributed by atoms with Crippen LogP contribution in [0, 0.1) is 0 Å². The van der Waals surface area contributed by atoms with Crippen molar-refractivity contribution in [2.24, 2.45) is 0 Å². The Morgan fingerprint density at radius 1 is 1.41 bits per heavy atom. The summed E-state index contributed by atoms with van der Waals surface area (Å²) in [6, 6.07) is 2.38. The van der Waals surface area contributed by atoms with Gasteiger partial charge in [0.25, 0.3) is 0 Å². The first-order valence-corrected chi connectivity index (χ1v) is 5.09. The number of carbonyl (C=O) groups is 1. The molecule has 1 aromatic rings. The second-order valence-corrected chi connectivity index (χ2v) is 3.90. The molecule has 3 nitrogen and oxygen atoms in total. The fourth-order valence-electron chi connectivity index (χ4n) is 1.20. The van der Waals surface area contributed by atoms with Crippen LogP contribution in [-0.4, -0.2) is 11.1 Å². The zero-order chi connectivity index (χ0) is 13.2. The Morgan fingerprint density at radius 2 is 2.00 bits per heavy atom. The molecule has 0 aliphatic rings. The van der Waals surface area contributed by atoms with E-state index in [-0.39, 0.29) is 15.7 Å². The molecule has 3 N–H and O–H groups in total. The van der Waals surface area contributed by atoms with Gasteiger partial charge in [0, 0.05) is 11.8 Å². The number of rotatable bonds is 2. The zero-order valence-electron chi connectivity index (χ0n) is 8.25. The van der Waals surface area contributed by atoms with Crippen LogP contribution in [0.2, 0.25) is 0 Å². The summed E-state index contributed by atoms with van der Waals surface area (Å²) in [4.78, 5) is 10.3. The number of aliphatic carboxylic acids is 1. The zero-order valence-corrected chi connectivity index (χ0v) is 9.84. The number of anilines is 1. The highest BCUT2D eigenvalue weighted by molar-refractivity contribution is 9.10. The first kappa shape index (κ1) is 13.6. The minimum atomic E-state index is -4.62. The van der Waals surface area contributed by atoms with Crippen LogP contribution in [0.4, 0.5) is 18.9 Å². The predicted octanol–water partition coefficient (Wildman–Crippen LogP) is 3.15. The van der Waals surface area contributed by atoms with Crippen molar-refractivity contribution in [2.45, 2.75) is 6.18 Å². The molecule has 0 saturated heterocycles. The minimum Gasteiger partial charge on any atom is -0.478 e. The Kier molecular flexibility index (Phi) is 3.82. The van der Waals surface area contributed by atoms with E-state index in [0.29, 0.717) is 6.08 Å². The summed E-state index contributed by atoms with van der Waals surface area (Å²) in [7, 11) is 0. The largest absolute Gasteiger partial charge is 0.478 e. The highest BCUT2D eigenvalue weighted by Crippen LogP contribution is 2.40. The highest BCUT2D eigenvalue weighted by atomic mass is 79.9. The van der Waals surface area contributed by atoms with E-state index >= 15 is 0 Å². The van der Waals surface area contributed by atoms with Crippen molar-refractivity contribution in [3.8, 4) is 0 Å². The van der Waals surface area contributed by atoms with Gasteiger partial charge in [-0.25, -0.2) is 4.79 Å². The van der Waals surface area contributed by atoms with E-state index < -0.39 is 17.7 Å². The summed E-state index contributed by atoms with van der Waals surface area (Å²) in [5, 5.41) is 8.39. The number of halogens is 4. The lowest BCUT2D eigenvalue weighted by Crippen LogP contribution is -2.10. The van der Waals surface area contributed by atoms with Crippen LogP contribution in [-0.2, 0) is 11.0 Å². The third kappa shape index (κ3) is 3.23. The molecule has 7 heteroatoms. The van der Waals surface area contributed by atoms with Crippen molar-refractivity contribution in [1.29, 1.82) is 0 Å². The van der Waals surface area contributed by atoms with Gasteiger partial charge in [-0.3, -0.25) is 0 Å². The topological polar surface area (TPSA) is 63.3 Å². The number of hydrogen-bond acceptors (Lipinski definition) is 2. The van der Waals surface area contributed by atoms with Crippen LogP contribution in [0.3, 0.4) is 0 Å². The average molecular weight is 310 g/mol. The normalized spacial score (nSPS) is 12.0. The summed E-state index contributed by atoms with van der Waals surface area (Å²) < 4.78 is 37.9. The van der Waals surface area contributed by atoms with Gasteiger partial charge < -0.3 is 10.8 Å².